The Labute approximate surface area is 118 Å². The molecule has 0 bridgehead atoms. The Bertz CT molecular complexity index is 611. The minimum Gasteiger partial charge on any atom is -0.493 e. The first-order valence-corrected chi connectivity index (χ1v) is 7.10. The summed E-state index contributed by atoms with van der Waals surface area (Å²) < 4.78 is 12.9. The summed E-state index contributed by atoms with van der Waals surface area (Å²) in [4.78, 5) is 12.2. The van der Waals surface area contributed by atoms with Gasteiger partial charge in [0.05, 0.1) is 25.3 Å². The first-order chi connectivity index (χ1) is 9.79. The van der Waals surface area contributed by atoms with Crippen LogP contribution in [0.2, 0.25) is 0 Å². The molecule has 2 heterocycles. The minimum atomic E-state index is 0.0579. The molecule has 3 rings (SSSR count). The van der Waals surface area contributed by atoms with E-state index in [1.54, 1.807) is 0 Å². The van der Waals surface area contributed by atoms with Gasteiger partial charge in [0.2, 0.25) is 0 Å². The monoisotopic (exact) mass is 273 g/mol. The van der Waals surface area contributed by atoms with E-state index < -0.39 is 0 Å². The summed E-state index contributed by atoms with van der Waals surface area (Å²) in [5, 5.41) is 1.06. The minimum absolute atomic E-state index is 0.0579. The molecule has 0 amide bonds. The van der Waals surface area contributed by atoms with E-state index in [1.165, 1.54) is 0 Å². The molecule has 0 spiro atoms. The number of carbonyl (C=O) groups is 1. The molecule has 1 aliphatic rings. The van der Waals surface area contributed by atoms with E-state index in [0.29, 0.717) is 26.4 Å². The van der Waals surface area contributed by atoms with Gasteiger partial charge in [-0.3, -0.25) is 4.79 Å². The van der Waals surface area contributed by atoms with Crippen molar-refractivity contribution in [3.05, 3.63) is 30.5 Å². The Morgan fingerprint density at radius 3 is 3.10 bits per heavy atom. The van der Waals surface area contributed by atoms with Gasteiger partial charge in [0, 0.05) is 24.1 Å². The van der Waals surface area contributed by atoms with Crippen molar-refractivity contribution in [1.82, 2.24) is 4.57 Å². The normalized spacial score (nSPS) is 18.6. The Kier molecular flexibility index (Phi) is 3.74. The molecular weight excluding hydrogens is 254 g/mol. The van der Waals surface area contributed by atoms with Crippen molar-refractivity contribution < 1.29 is 14.3 Å². The first-order valence-electron chi connectivity index (χ1n) is 7.10. The molecule has 4 heteroatoms. The molecule has 0 radical (unpaired) electrons. The Balaban J connectivity index is 1.85. The van der Waals surface area contributed by atoms with Crippen molar-refractivity contribution in [2.45, 2.75) is 19.9 Å². The van der Waals surface area contributed by atoms with Crippen LogP contribution in [0.4, 0.5) is 0 Å². The van der Waals surface area contributed by atoms with Crippen LogP contribution in [0.15, 0.2) is 30.5 Å². The van der Waals surface area contributed by atoms with Gasteiger partial charge in [0.1, 0.15) is 5.75 Å². The molecule has 1 aromatic heterocycles. The van der Waals surface area contributed by atoms with E-state index >= 15 is 0 Å². The Hall–Kier alpha value is -1.81. The smallest absolute Gasteiger partial charge is 0.157 e. The highest BCUT2D eigenvalue weighted by Crippen LogP contribution is 2.27. The number of aromatic nitrogens is 1. The largest absolute Gasteiger partial charge is 0.493 e. The molecular formula is C16H19NO3. The zero-order chi connectivity index (χ0) is 13.9. The van der Waals surface area contributed by atoms with Gasteiger partial charge in [-0.2, -0.15) is 0 Å². The van der Waals surface area contributed by atoms with E-state index in [4.69, 9.17) is 9.47 Å². The predicted octanol–water partition coefficient (Wildman–Crippen LogP) is 2.65. The molecule has 0 N–H and O–H groups in total. The van der Waals surface area contributed by atoms with Crippen LogP contribution in [-0.2, 0) is 16.1 Å². The van der Waals surface area contributed by atoms with E-state index in [9.17, 15) is 4.79 Å². The van der Waals surface area contributed by atoms with E-state index in [0.717, 1.165) is 23.1 Å². The van der Waals surface area contributed by atoms with Crippen molar-refractivity contribution in [3.8, 4) is 5.75 Å². The van der Waals surface area contributed by atoms with Crippen molar-refractivity contribution in [2.24, 2.45) is 5.92 Å². The average molecular weight is 273 g/mol. The molecule has 1 aromatic carbocycles. The van der Waals surface area contributed by atoms with Crippen molar-refractivity contribution in [2.75, 3.05) is 19.8 Å². The molecule has 0 saturated carbocycles. The van der Waals surface area contributed by atoms with E-state index in [-0.39, 0.29) is 11.7 Å². The van der Waals surface area contributed by atoms with Crippen molar-refractivity contribution in [3.63, 3.8) is 0 Å². The van der Waals surface area contributed by atoms with E-state index in [1.807, 2.05) is 42.0 Å². The van der Waals surface area contributed by atoms with Crippen LogP contribution in [0, 0.1) is 5.92 Å². The number of Topliss-reactive ketones (excluding diaryl/α,β-unsaturated/α-hetero) is 1. The number of benzene rings is 1. The zero-order valence-electron chi connectivity index (χ0n) is 11.7. The van der Waals surface area contributed by atoms with Gasteiger partial charge >= 0.3 is 0 Å². The highest BCUT2D eigenvalue weighted by molar-refractivity contribution is 5.89. The standard InChI is InChI=1S/C16H19NO3/c1-2-20-16-5-3-4-14-13(16)6-8-17(14)10-15(18)12-7-9-19-11-12/h3-6,8,12H,2,7,9-11H2,1H3. The van der Waals surface area contributed by atoms with Crippen LogP contribution < -0.4 is 4.74 Å². The third kappa shape index (κ3) is 2.43. The van der Waals surface area contributed by atoms with Gasteiger partial charge in [0.25, 0.3) is 0 Å². The molecule has 1 atom stereocenters. The van der Waals surface area contributed by atoms with Crippen molar-refractivity contribution >= 4 is 16.7 Å². The summed E-state index contributed by atoms with van der Waals surface area (Å²) in [6.07, 6.45) is 2.81. The molecule has 4 nitrogen and oxygen atoms in total. The average Bonchev–Trinajstić information content (AvgIpc) is 3.09. The molecule has 1 fully saturated rings. The fourth-order valence-corrected chi connectivity index (χ4v) is 2.70. The summed E-state index contributed by atoms with van der Waals surface area (Å²) in [6.45, 7) is 4.30. The van der Waals surface area contributed by atoms with Crippen LogP contribution in [0.3, 0.4) is 0 Å². The number of nitrogens with zero attached hydrogens (tertiary/aromatic N) is 1. The fourth-order valence-electron chi connectivity index (χ4n) is 2.70. The molecule has 20 heavy (non-hydrogen) atoms. The van der Waals surface area contributed by atoms with E-state index in [2.05, 4.69) is 0 Å². The van der Waals surface area contributed by atoms with Gasteiger partial charge < -0.3 is 14.0 Å². The number of hydrogen-bond donors (Lipinski definition) is 0. The SMILES string of the molecule is CCOc1cccc2c1ccn2CC(=O)C1CCOC1. The molecule has 1 saturated heterocycles. The Morgan fingerprint density at radius 1 is 1.45 bits per heavy atom. The summed E-state index contributed by atoms with van der Waals surface area (Å²) >= 11 is 0. The summed E-state index contributed by atoms with van der Waals surface area (Å²) in [5.41, 5.74) is 1.04. The third-order valence-electron chi connectivity index (χ3n) is 3.78. The lowest BCUT2D eigenvalue weighted by molar-refractivity contribution is -0.123. The number of hydrogen-bond acceptors (Lipinski definition) is 3. The predicted molar refractivity (Wildman–Crippen MR) is 77.0 cm³/mol. The molecule has 1 unspecified atom stereocenters. The molecule has 1 aliphatic heterocycles. The third-order valence-corrected chi connectivity index (χ3v) is 3.78. The van der Waals surface area contributed by atoms with Gasteiger partial charge in [-0.05, 0) is 31.5 Å². The Morgan fingerprint density at radius 2 is 2.35 bits per heavy atom. The number of carbonyl (C=O) groups excluding carboxylic acids is 1. The number of ketones is 1. The maximum atomic E-state index is 12.2. The van der Waals surface area contributed by atoms with Crippen LogP contribution in [0.25, 0.3) is 10.9 Å². The number of ether oxygens (including phenoxy) is 2. The van der Waals surface area contributed by atoms with Crippen molar-refractivity contribution in [1.29, 1.82) is 0 Å². The topological polar surface area (TPSA) is 40.5 Å². The summed E-state index contributed by atoms with van der Waals surface area (Å²) in [7, 11) is 0. The second kappa shape index (κ2) is 5.67. The summed E-state index contributed by atoms with van der Waals surface area (Å²) in [5.74, 6) is 1.18. The molecule has 0 aliphatic carbocycles. The highest BCUT2D eigenvalue weighted by Gasteiger charge is 2.23. The highest BCUT2D eigenvalue weighted by atomic mass is 16.5. The molecule has 106 valence electrons. The lowest BCUT2D eigenvalue weighted by atomic mass is 10.0. The lowest BCUT2D eigenvalue weighted by Crippen LogP contribution is -2.19. The zero-order valence-corrected chi connectivity index (χ0v) is 11.7. The fraction of sp³-hybridized carbons (Fsp3) is 0.438. The quantitative estimate of drug-likeness (QED) is 0.841. The van der Waals surface area contributed by atoms with Gasteiger partial charge in [-0.15, -0.1) is 0 Å². The van der Waals surface area contributed by atoms with Gasteiger partial charge in [-0.25, -0.2) is 0 Å². The number of rotatable bonds is 5. The van der Waals surface area contributed by atoms with Crippen LogP contribution in [0.1, 0.15) is 13.3 Å². The van der Waals surface area contributed by atoms with Crippen LogP contribution >= 0.6 is 0 Å². The second-order valence-corrected chi connectivity index (χ2v) is 5.09. The van der Waals surface area contributed by atoms with Gasteiger partial charge in [0.15, 0.2) is 5.78 Å². The second-order valence-electron chi connectivity index (χ2n) is 5.09. The van der Waals surface area contributed by atoms with Gasteiger partial charge in [-0.1, -0.05) is 6.07 Å². The lowest BCUT2D eigenvalue weighted by Gasteiger charge is -2.10. The summed E-state index contributed by atoms with van der Waals surface area (Å²) in [6, 6.07) is 7.96. The molecule has 2 aromatic rings. The maximum Gasteiger partial charge on any atom is 0.157 e. The van der Waals surface area contributed by atoms with Crippen LogP contribution in [0.5, 0.6) is 5.75 Å². The van der Waals surface area contributed by atoms with Crippen LogP contribution in [-0.4, -0.2) is 30.2 Å². The maximum absolute atomic E-state index is 12.2. The first kappa shape index (κ1) is 13.2. The number of fused-ring (bicyclic) bond motifs is 1.